The average molecular weight is 211 g/mol. The Balaban J connectivity index is 2.41. The lowest BCUT2D eigenvalue weighted by atomic mass is 10.4. The Bertz CT molecular complexity index is 408. The third-order valence-electron chi connectivity index (χ3n) is 1.57. The van der Waals surface area contributed by atoms with E-state index in [0.717, 1.165) is 10.7 Å². The summed E-state index contributed by atoms with van der Waals surface area (Å²) in [4.78, 5) is 9.59. The molecule has 0 radical (unpaired) electrons. The third kappa shape index (κ3) is 1.87. The zero-order chi connectivity index (χ0) is 9.26. The Labute approximate surface area is 85.2 Å². The molecule has 0 fully saturated rings. The van der Waals surface area contributed by atoms with Gasteiger partial charge in [0.2, 0.25) is 0 Å². The molecular formula is C9H7ClN2S. The first kappa shape index (κ1) is 8.66. The van der Waals surface area contributed by atoms with Crippen LogP contribution in [0.25, 0.3) is 10.7 Å². The molecule has 2 nitrogen and oxygen atoms in total. The largest absolute Gasteiger partial charge is 0.252 e. The minimum atomic E-state index is 0.650. The van der Waals surface area contributed by atoms with Gasteiger partial charge in [0.1, 0.15) is 5.01 Å². The van der Waals surface area contributed by atoms with Gasteiger partial charge >= 0.3 is 0 Å². The van der Waals surface area contributed by atoms with Crippen LogP contribution in [0, 0.1) is 6.92 Å². The van der Waals surface area contributed by atoms with E-state index >= 15 is 0 Å². The normalized spacial score (nSPS) is 10.3. The van der Waals surface area contributed by atoms with E-state index in [1.54, 1.807) is 17.5 Å². The topological polar surface area (TPSA) is 25.8 Å². The first-order valence-corrected chi connectivity index (χ1v) is 4.99. The van der Waals surface area contributed by atoms with Gasteiger partial charge in [-0.2, -0.15) is 0 Å². The highest BCUT2D eigenvalue weighted by atomic mass is 35.5. The van der Waals surface area contributed by atoms with Crippen LogP contribution < -0.4 is 0 Å². The average Bonchev–Trinajstić information content (AvgIpc) is 2.53. The molecule has 0 aliphatic heterocycles. The highest BCUT2D eigenvalue weighted by molar-refractivity contribution is 7.14. The quantitative estimate of drug-likeness (QED) is 0.723. The van der Waals surface area contributed by atoms with Crippen LogP contribution in [-0.4, -0.2) is 9.97 Å². The van der Waals surface area contributed by atoms with Gasteiger partial charge in [-0.1, -0.05) is 11.6 Å². The fourth-order valence-electron chi connectivity index (χ4n) is 0.975. The van der Waals surface area contributed by atoms with Gasteiger partial charge in [-0.25, -0.2) is 4.98 Å². The first-order chi connectivity index (χ1) is 6.25. The van der Waals surface area contributed by atoms with Crippen LogP contribution in [0.5, 0.6) is 0 Å². The van der Waals surface area contributed by atoms with Crippen LogP contribution in [0.2, 0.25) is 5.02 Å². The van der Waals surface area contributed by atoms with Crippen molar-refractivity contribution in [2.45, 2.75) is 6.92 Å². The van der Waals surface area contributed by atoms with Crippen molar-refractivity contribution in [1.29, 1.82) is 0 Å². The summed E-state index contributed by atoms with van der Waals surface area (Å²) < 4.78 is 0. The number of aryl methyl sites for hydroxylation is 1. The summed E-state index contributed by atoms with van der Waals surface area (Å²) in [6.07, 6.45) is 3.48. The minimum absolute atomic E-state index is 0.650. The van der Waals surface area contributed by atoms with Crippen molar-refractivity contribution in [3.8, 4) is 10.7 Å². The van der Waals surface area contributed by atoms with Crippen molar-refractivity contribution in [1.82, 2.24) is 9.97 Å². The number of halogens is 1. The molecule has 0 aliphatic carbocycles. The maximum absolute atomic E-state index is 5.72. The second-order valence-corrected chi connectivity index (χ2v) is 4.31. The number of thiazole rings is 1. The van der Waals surface area contributed by atoms with Gasteiger partial charge in [-0.3, -0.25) is 4.98 Å². The monoisotopic (exact) mass is 210 g/mol. The molecule has 0 aliphatic rings. The summed E-state index contributed by atoms with van der Waals surface area (Å²) in [5.74, 6) is 0. The van der Waals surface area contributed by atoms with Gasteiger partial charge in [0.05, 0.1) is 10.7 Å². The number of aromatic nitrogens is 2. The van der Waals surface area contributed by atoms with Crippen LogP contribution in [0.3, 0.4) is 0 Å². The molecular weight excluding hydrogens is 204 g/mol. The van der Waals surface area contributed by atoms with Gasteiger partial charge in [0.15, 0.2) is 0 Å². The number of hydrogen-bond acceptors (Lipinski definition) is 3. The van der Waals surface area contributed by atoms with Crippen LogP contribution in [0.4, 0.5) is 0 Å². The fraction of sp³-hybridized carbons (Fsp3) is 0.111. The molecule has 2 aromatic heterocycles. The molecule has 0 saturated carbocycles. The summed E-state index contributed by atoms with van der Waals surface area (Å²) in [6.45, 7) is 2.02. The number of nitrogens with zero attached hydrogens (tertiary/aromatic N) is 2. The number of rotatable bonds is 1. The van der Waals surface area contributed by atoms with Crippen molar-refractivity contribution in [3.63, 3.8) is 0 Å². The van der Waals surface area contributed by atoms with Crippen molar-refractivity contribution in [3.05, 3.63) is 34.4 Å². The maximum Gasteiger partial charge on any atom is 0.142 e. The molecule has 0 spiro atoms. The Morgan fingerprint density at radius 3 is 2.62 bits per heavy atom. The smallest absolute Gasteiger partial charge is 0.142 e. The molecule has 2 aromatic rings. The van der Waals surface area contributed by atoms with E-state index in [1.807, 2.05) is 25.3 Å². The van der Waals surface area contributed by atoms with Crippen molar-refractivity contribution < 1.29 is 0 Å². The number of pyridine rings is 1. The molecule has 0 N–H and O–H groups in total. The Hall–Kier alpha value is -0.930. The molecule has 2 rings (SSSR count). The lowest BCUT2D eigenvalue weighted by molar-refractivity contribution is 1.29. The Morgan fingerprint density at radius 1 is 1.23 bits per heavy atom. The lowest BCUT2D eigenvalue weighted by Crippen LogP contribution is -1.79. The minimum Gasteiger partial charge on any atom is -0.252 e. The van der Waals surface area contributed by atoms with Gasteiger partial charge in [-0.05, 0) is 19.1 Å². The summed E-state index contributed by atoms with van der Waals surface area (Å²) in [5.41, 5.74) is 0.877. The standard InChI is InChI=1S/C9H7ClN2S/c1-6-4-12-9(13-6)8-3-2-7(10)5-11-8/h2-5H,1H3. The summed E-state index contributed by atoms with van der Waals surface area (Å²) >= 11 is 7.35. The maximum atomic E-state index is 5.72. The summed E-state index contributed by atoms with van der Waals surface area (Å²) in [7, 11) is 0. The second-order valence-electron chi connectivity index (χ2n) is 2.64. The molecule has 2 heterocycles. The molecule has 0 bridgehead atoms. The van der Waals surface area contributed by atoms with Gasteiger partial charge in [0, 0.05) is 17.3 Å². The zero-order valence-corrected chi connectivity index (χ0v) is 8.56. The van der Waals surface area contributed by atoms with E-state index in [1.165, 1.54) is 4.88 Å². The van der Waals surface area contributed by atoms with E-state index in [4.69, 9.17) is 11.6 Å². The predicted octanol–water partition coefficient (Wildman–Crippen LogP) is 3.17. The van der Waals surface area contributed by atoms with Crippen LogP contribution >= 0.6 is 22.9 Å². The van der Waals surface area contributed by atoms with E-state index in [-0.39, 0.29) is 0 Å². The first-order valence-electron chi connectivity index (χ1n) is 3.80. The van der Waals surface area contributed by atoms with Crippen molar-refractivity contribution >= 4 is 22.9 Å². The molecule has 4 heteroatoms. The van der Waals surface area contributed by atoms with Crippen molar-refractivity contribution in [2.24, 2.45) is 0 Å². The molecule has 0 atom stereocenters. The molecule has 13 heavy (non-hydrogen) atoms. The highest BCUT2D eigenvalue weighted by Crippen LogP contribution is 2.23. The number of hydrogen-bond donors (Lipinski definition) is 0. The van der Waals surface area contributed by atoms with E-state index in [0.29, 0.717) is 5.02 Å². The molecule has 0 aromatic carbocycles. The zero-order valence-electron chi connectivity index (χ0n) is 6.99. The van der Waals surface area contributed by atoms with E-state index in [9.17, 15) is 0 Å². The lowest BCUT2D eigenvalue weighted by Gasteiger charge is -1.93. The van der Waals surface area contributed by atoms with Crippen LogP contribution in [0.15, 0.2) is 24.5 Å². The SMILES string of the molecule is Cc1cnc(-c2ccc(Cl)cn2)s1. The molecule has 0 amide bonds. The summed E-state index contributed by atoms with van der Waals surface area (Å²) in [6, 6.07) is 3.70. The van der Waals surface area contributed by atoms with Crippen LogP contribution in [-0.2, 0) is 0 Å². The van der Waals surface area contributed by atoms with E-state index in [2.05, 4.69) is 9.97 Å². The Morgan fingerprint density at radius 2 is 2.08 bits per heavy atom. The van der Waals surface area contributed by atoms with Gasteiger partial charge < -0.3 is 0 Å². The Kier molecular flexibility index (Phi) is 2.29. The van der Waals surface area contributed by atoms with Crippen LogP contribution in [0.1, 0.15) is 4.88 Å². The molecule has 0 saturated heterocycles. The second kappa shape index (κ2) is 3.44. The van der Waals surface area contributed by atoms with Gasteiger partial charge in [0.25, 0.3) is 0 Å². The van der Waals surface area contributed by atoms with Gasteiger partial charge in [-0.15, -0.1) is 11.3 Å². The third-order valence-corrected chi connectivity index (χ3v) is 2.73. The van der Waals surface area contributed by atoms with E-state index < -0.39 is 0 Å². The molecule has 0 unspecified atom stereocenters. The summed E-state index contributed by atoms with van der Waals surface area (Å²) in [5, 5.41) is 1.59. The predicted molar refractivity (Wildman–Crippen MR) is 55.1 cm³/mol. The highest BCUT2D eigenvalue weighted by Gasteiger charge is 2.02. The molecule has 66 valence electrons. The van der Waals surface area contributed by atoms with Crippen molar-refractivity contribution in [2.75, 3.05) is 0 Å². The fourth-order valence-corrected chi connectivity index (χ4v) is 1.83.